The molecule has 0 aliphatic rings. The molecule has 0 heterocycles. The van der Waals surface area contributed by atoms with Crippen molar-refractivity contribution in [1.82, 2.24) is 5.43 Å². The molecular formula is C18H20N2O5. The van der Waals surface area contributed by atoms with Crippen LogP contribution in [0.25, 0.3) is 0 Å². The first-order chi connectivity index (χ1) is 11.9. The molecule has 0 saturated heterocycles. The summed E-state index contributed by atoms with van der Waals surface area (Å²) in [4.78, 5) is 12.0. The topological polar surface area (TPSA) is 100 Å². The Morgan fingerprint density at radius 3 is 2.44 bits per heavy atom. The Kier molecular flexibility index (Phi) is 5.84. The Morgan fingerprint density at radius 2 is 1.80 bits per heavy atom. The lowest BCUT2D eigenvalue weighted by atomic mass is 10.1. The number of amides is 1. The molecule has 2 aromatic carbocycles. The molecule has 0 aliphatic heterocycles. The van der Waals surface area contributed by atoms with Crippen LogP contribution in [0.15, 0.2) is 41.5 Å². The summed E-state index contributed by atoms with van der Waals surface area (Å²) in [5, 5.41) is 23.1. The van der Waals surface area contributed by atoms with Crippen molar-refractivity contribution in [3.05, 3.63) is 47.5 Å². The summed E-state index contributed by atoms with van der Waals surface area (Å²) in [6, 6.07) is 9.37. The number of phenols is 2. The molecule has 2 aromatic rings. The zero-order chi connectivity index (χ0) is 18.4. The number of rotatable bonds is 6. The molecule has 7 heteroatoms. The largest absolute Gasteiger partial charge is 0.508 e. The Labute approximate surface area is 145 Å². The van der Waals surface area contributed by atoms with Gasteiger partial charge in [-0.2, -0.15) is 5.10 Å². The van der Waals surface area contributed by atoms with Crippen LogP contribution in [-0.4, -0.2) is 36.1 Å². The molecular weight excluding hydrogens is 324 g/mol. The summed E-state index contributed by atoms with van der Waals surface area (Å²) in [6.07, 6.45) is 0.110. The van der Waals surface area contributed by atoms with E-state index >= 15 is 0 Å². The van der Waals surface area contributed by atoms with Gasteiger partial charge in [0.2, 0.25) is 5.91 Å². The second kappa shape index (κ2) is 8.05. The van der Waals surface area contributed by atoms with E-state index < -0.39 is 0 Å². The lowest BCUT2D eigenvalue weighted by Gasteiger charge is -2.09. The van der Waals surface area contributed by atoms with Gasteiger partial charge in [-0.05, 0) is 36.8 Å². The molecule has 0 spiro atoms. The lowest BCUT2D eigenvalue weighted by molar-refractivity contribution is -0.120. The summed E-state index contributed by atoms with van der Waals surface area (Å²) in [5.41, 5.74) is 4.02. The standard InChI is InChI=1S/C18H20N2O5/c1-11(14-6-5-13(21)10-15(14)22)19-20-18(23)9-12-4-7-16(24-2)17(8-12)25-3/h4-8,10,21-22H,9H2,1-3H3,(H,20,23)/b19-11-. The summed E-state index contributed by atoms with van der Waals surface area (Å²) >= 11 is 0. The minimum atomic E-state index is -0.315. The van der Waals surface area contributed by atoms with Gasteiger partial charge in [0.25, 0.3) is 0 Å². The third kappa shape index (κ3) is 4.63. The van der Waals surface area contributed by atoms with Crippen LogP contribution < -0.4 is 14.9 Å². The molecule has 0 unspecified atom stereocenters. The molecule has 0 aliphatic carbocycles. The fourth-order valence-electron chi connectivity index (χ4n) is 2.25. The van der Waals surface area contributed by atoms with Gasteiger partial charge in [0.05, 0.1) is 26.4 Å². The molecule has 132 valence electrons. The molecule has 2 rings (SSSR count). The van der Waals surface area contributed by atoms with Crippen LogP contribution in [0.5, 0.6) is 23.0 Å². The number of hydrogen-bond donors (Lipinski definition) is 3. The first kappa shape index (κ1) is 18.1. The van der Waals surface area contributed by atoms with Gasteiger partial charge in [-0.15, -0.1) is 0 Å². The maximum Gasteiger partial charge on any atom is 0.244 e. The van der Waals surface area contributed by atoms with Crippen LogP contribution in [0.4, 0.5) is 0 Å². The maximum absolute atomic E-state index is 12.0. The van der Waals surface area contributed by atoms with Crippen LogP contribution in [0, 0.1) is 0 Å². The van der Waals surface area contributed by atoms with Gasteiger partial charge < -0.3 is 19.7 Å². The van der Waals surface area contributed by atoms with Gasteiger partial charge in [-0.3, -0.25) is 4.79 Å². The van der Waals surface area contributed by atoms with E-state index in [0.29, 0.717) is 22.8 Å². The van der Waals surface area contributed by atoms with E-state index in [0.717, 1.165) is 5.56 Å². The molecule has 7 nitrogen and oxygen atoms in total. The molecule has 0 fully saturated rings. The molecule has 0 aromatic heterocycles. The van der Waals surface area contributed by atoms with Crippen LogP contribution in [0.2, 0.25) is 0 Å². The molecule has 3 N–H and O–H groups in total. The highest BCUT2D eigenvalue weighted by atomic mass is 16.5. The summed E-state index contributed by atoms with van der Waals surface area (Å²) in [6.45, 7) is 1.64. The number of carbonyl (C=O) groups is 1. The van der Waals surface area contributed by atoms with E-state index in [1.807, 2.05) is 0 Å². The highest BCUT2D eigenvalue weighted by molar-refractivity contribution is 6.01. The number of methoxy groups -OCH3 is 2. The SMILES string of the molecule is COc1ccc(CC(=O)N/N=C(/C)c2ccc(O)cc2O)cc1OC. The Morgan fingerprint density at radius 1 is 1.08 bits per heavy atom. The predicted octanol–water partition coefficient (Wildman–Crippen LogP) is 2.20. The molecule has 0 atom stereocenters. The number of ether oxygens (including phenoxy) is 2. The van der Waals surface area contributed by atoms with Crippen molar-refractivity contribution in [2.24, 2.45) is 5.10 Å². The molecule has 25 heavy (non-hydrogen) atoms. The number of benzene rings is 2. The first-order valence-electron chi connectivity index (χ1n) is 7.51. The number of carbonyl (C=O) groups excluding carboxylic acids is 1. The van der Waals surface area contributed by atoms with Crippen molar-refractivity contribution < 1.29 is 24.5 Å². The van der Waals surface area contributed by atoms with Crippen molar-refractivity contribution in [3.8, 4) is 23.0 Å². The zero-order valence-electron chi connectivity index (χ0n) is 14.2. The number of nitrogens with zero attached hydrogens (tertiary/aromatic N) is 1. The molecule has 0 bridgehead atoms. The summed E-state index contributed by atoms with van der Waals surface area (Å²) in [5.74, 6) is 0.650. The third-order valence-corrected chi connectivity index (χ3v) is 3.53. The average Bonchev–Trinajstić information content (AvgIpc) is 2.59. The Hall–Kier alpha value is -3.22. The van der Waals surface area contributed by atoms with Crippen LogP contribution >= 0.6 is 0 Å². The number of hydrogen-bond acceptors (Lipinski definition) is 6. The van der Waals surface area contributed by atoms with Crippen molar-refractivity contribution in [1.29, 1.82) is 0 Å². The number of aromatic hydroxyl groups is 2. The van der Waals surface area contributed by atoms with Gasteiger partial charge in [0.15, 0.2) is 11.5 Å². The second-order valence-corrected chi connectivity index (χ2v) is 5.30. The predicted molar refractivity (Wildman–Crippen MR) is 93.4 cm³/mol. The van der Waals surface area contributed by atoms with Gasteiger partial charge in [-0.1, -0.05) is 6.07 Å². The molecule has 0 saturated carbocycles. The van der Waals surface area contributed by atoms with Crippen molar-refractivity contribution in [2.75, 3.05) is 14.2 Å². The fourth-order valence-corrected chi connectivity index (χ4v) is 2.25. The second-order valence-electron chi connectivity index (χ2n) is 5.30. The van der Waals surface area contributed by atoms with Gasteiger partial charge in [0.1, 0.15) is 11.5 Å². The number of nitrogens with one attached hydrogen (secondary N) is 1. The maximum atomic E-state index is 12.0. The third-order valence-electron chi connectivity index (χ3n) is 3.53. The van der Waals surface area contributed by atoms with Gasteiger partial charge >= 0.3 is 0 Å². The highest BCUT2D eigenvalue weighted by Gasteiger charge is 2.09. The van der Waals surface area contributed by atoms with E-state index in [4.69, 9.17) is 9.47 Å². The van der Waals surface area contributed by atoms with E-state index in [2.05, 4.69) is 10.5 Å². The van der Waals surface area contributed by atoms with Crippen LogP contribution in [0.1, 0.15) is 18.1 Å². The molecule has 0 radical (unpaired) electrons. The van der Waals surface area contributed by atoms with E-state index in [1.165, 1.54) is 25.3 Å². The number of hydrazone groups is 1. The van der Waals surface area contributed by atoms with E-state index in [1.54, 1.807) is 32.2 Å². The Bertz CT molecular complexity index is 802. The minimum Gasteiger partial charge on any atom is -0.508 e. The van der Waals surface area contributed by atoms with Crippen molar-refractivity contribution in [2.45, 2.75) is 13.3 Å². The zero-order valence-corrected chi connectivity index (χ0v) is 14.2. The van der Waals surface area contributed by atoms with Crippen LogP contribution in [-0.2, 0) is 11.2 Å². The lowest BCUT2D eigenvalue weighted by Crippen LogP contribution is -2.21. The fraction of sp³-hybridized carbons (Fsp3) is 0.222. The smallest absolute Gasteiger partial charge is 0.244 e. The highest BCUT2D eigenvalue weighted by Crippen LogP contribution is 2.27. The summed E-state index contributed by atoms with van der Waals surface area (Å²) in [7, 11) is 3.07. The van der Waals surface area contributed by atoms with Gasteiger partial charge in [0, 0.05) is 11.6 Å². The van der Waals surface area contributed by atoms with Gasteiger partial charge in [-0.25, -0.2) is 5.43 Å². The van der Waals surface area contributed by atoms with Crippen molar-refractivity contribution in [3.63, 3.8) is 0 Å². The number of phenolic OH excluding ortho intramolecular Hbond substituents is 2. The average molecular weight is 344 g/mol. The molecule has 1 amide bonds. The van der Waals surface area contributed by atoms with E-state index in [-0.39, 0.29) is 23.8 Å². The Balaban J connectivity index is 2.04. The normalized spacial score (nSPS) is 11.1. The first-order valence-corrected chi connectivity index (χ1v) is 7.51. The minimum absolute atomic E-state index is 0.0495. The van der Waals surface area contributed by atoms with Crippen LogP contribution in [0.3, 0.4) is 0 Å². The monoisotopic (exact) mass is 344 g/mol. The quantitative estimate of drug-likeness (QED) is 0.551. The van der Waals surface area contributed by atoms with Crippen molar-refractivity contribution >= 4 is 11.6 Å². The summed E-state index contributed by atoms with van der Waals surface area (Å²) < 4.78 is 10.4. The van der Waals surface area contributed by atoms with E-state index in [9.17, 15) is 15.0 Å².